The maximum atomic E-state index is 12.6. The highest BCUT2D eigenvalue weighted by atomic mass is 79.9. The van der Waals surface area contributed by atoms with E-state index in [1.54, 1.807) is 24.3 Å². The lowest BCUT2D eigenvalue weighted by molar-refractivity contribution is 0.0594. The highest BCUT2D eigenvalue weighted by Gasteiger charge is 2.21. The average Bonchev–Trinajstić information content (AvgIpc) is 2.89. The summed E-state index contributed by atoms with van der Waals surface area (Å²) in [5.41, 5.74) is 3.12. The van der Waals surface area contributed by atoms with Gasteiger partial charge in [-0.15, -0.1) is 0 Å². The van der Waals surface area contributed by atoms with Gasteiger partial charge in [0.15, 0.2) is 0 Å². The highest BCUT2D eigenvalue weighted by Crippen LogP contribution is 2.32. The Bertz CT molecular complexity index is 1260. The first-order valence-electron chi connectivity index (χ1n) is 10.9. The van der Waals surface area contributed by atoms with Crippen LogP contribution in [0.25, 0.3) is 0 Å². The van der Waals surface area contributed by atoms with E-state index in [0.717, 1.165) is 15.6 Å². The molecule has 0 saturated heterocycles. The van der Waals surface area contributed by atoms with E-state index in [-0.39, 0.29) is 5.56 Å². The van der Waals surface area contributed by atoms with Gasteiger partial charge in [-0.2, -0.15) is 0 Å². The fraction of sp³-hybridized carbons (Fsp3) is 0.0714. The lowest BCUT2D eigenvalue weighted by Crippen LogP contribution is -2.20. The first-order chi connectivity index (χ1) is 17.0. The van der Waals surface area contributed by atoms with Crippen molar-refractivity contribution in [3.8, 4) is 5.75 Å². The summed E-state index contributed by atoms with van der Waals surface area (Å²) in [6.07, 6.45) is -0.444. The molecule has 0 saturated carbocycles. The van der Waals surface area contributed by atoms with Crippen molar-refractivity contribution in [3.63, 3.8) is 0 Å². The van der Waals surface area contributed by atoms with Crippen LogP contribution in [0.4, 0.5) is 16.2 Å². The van der Waals surface area contributed by atoms with Gasteiger partial charge >= 0.3 is 12.0 Å². The van der Waals surface area contributed by atoms with Crippen LogP contribution in [-0.2, 0) is 4.74 Å². The van der Waals surface area contributed by atoms with Crippen molar-refractivity contribution < 1.29 is 19.1 Å². The summed E-state index contributed by atoms with van der Waals surface area (Å²) >= 11 is 3.36. The third-order valence-corrected chi connectivity index (χ3v) is 5.72. The molecule has 176 valence electrons. The summed E-state index contributed by atoms with van der Waals surface area (Å²) in [5.74, 6) is -0.231. The van der Waals surface area contributed by atoms with Crippen LogP contribution in [-0.4, -0.2) is 19.1 Å². The molecule has 0 bridgehead atoms. The van der Waals surface area contributed by atoms with Crippen molar-refractivity contribution in [2.45, 2.75) is 6.10 Å². The quantitative estimate of drug-likeness (QED) is 0.251. The third kappa shape index (κ3) is 6.28. The summed E-state index contributed by atoms with van der Waals surface area (Å²) in [5, 5.41) is 5.50. The number of halogens is 1. The van der Waals surface area contributed by atoms with E-state index in [4.69, 9.17) is 9.47 Å². The molecule has 0 aliphatic carbocycles. The van der Waals surface area contributed by atoms with Crippen molar-refractivity contribution in [2.75, 3.05) is 17.7 Å². The van der Waals surface area contributed by atoms with E-state index < -0.39 is 18.1 Å². The molecular weight excluding hydrogens is 508 g/mol. The first kappa shape index (κ1) is 24.0. The summed E-state index contributed by atoms with van der Waals surface area (Å²) in [4.78, 5) is 25.1. The fourth-order valence-corrected chi connectivity index (χ4v) is 3.78. The topological polar surface area (TPSA) is 76.7 Å². The largest absolute Gasteiger partial charge is 0.480 e. The number of hydrogen-bond acceptors (Lipinski definition) is 4. The van der Waals surface area contributed by atoms with Crippen molar-refractivity contribution in [2.24, 2.45) is 0 Å². The summed E-state index contributed by atoms with van der Waals surface area (Å²) in [6.45, 7) is 0. The lowest BCUT2D eigenvalue weighted by atomic mass is 10.0. The molecule has 0 unspecified atom stereocenters. The first-order valence-corrected chi connectivity index (χ1v) is 11.7. The van der Waals surface area contributed by atoms with Crippen LogP contribution in [0.15, 0.2) is 108 Å². The second-order valence-electron chi connectivity index (χ2n) is 7.61. The molecule has 0 spiro atoms. The third-order valence-electron chi connectivity index (χ3n) is 5.19. The molecule has 0 fully saturated rings. The van der Waals surface area contributed by atoms with E-state index >= 15 is 0 Å². The van der Waals surface area contributed by atoms with E-state index in [1.807, 2.05) is 72.8 Å². The SMILES string of the molecule is COC(=O)c1cc(NC(=O)Nc2ccc(Br)cc2)ccc1OC(c1ccccc1)c1ccccc1. The molecule has 4 rings (SSSR count). The van der Waals surface area contributed by atoms with Crippen molar-refractivity contribution in [1.29, 1.82) is 0 Å². The van der Waals surface area contributed by atoms with Gasteiger partial charge in [-0.3, -0.25) is 0 Å². The number of esters is 1. The minimum atomic E-state index is -0.572. The molecular formula is C28H23BrN2O4. The second kappa shape index (κ2) is 11.4. The fourth-order valence-electron chi connectivity index (χ4n) is 3.52. The molecule has 0 aliphatic heterocycles. The molecule has 0 heterocycles. The number of amides is 2. The van der Waals surface area contributed by atoms with Crippen molar-refractivity contribution in [3.05, 3.63) is 124 Å². The molecule has 2 amide bonds. The number of urea groups is 1. The monoisotopic (exact) mass is 530 g/mol. The minimum absolute atomic E-state index is 0.200. The van der Waals surface area contributed by atoms with Crippen LogP contribution in [0.2, 0.25) is 0 Å². The van der Waals surface area contributed by atoms with Crippen LogP contribution < -0.4 is 15.4 Å². The molecule has 35 heavy (non-hydrogen) atoms. The van der Waals surface area contributed by atoms with Crippen LogP contribution in [0, 0.1) is 0 Å². The van der Waals surface area contributed by atoms with Crippen molar-refractivity contribution in [1.82, 2.24) is 0 Å². The standard InChI is InChI=1S/C28H23BrN2O4/c1-34-27(32)24-18-23(31-28(33)30-22-14-12-21(29)13-15-22)16-17-25(24)35-26(19-8-4-2-5-9-19)20-10-6-3-7-11-20/h2-18,26H,1H3,(H2,30,31,33). The Morgan fingerprint density at radius 2 is 1.29 bits per heavy atom. The molecule has 7 heteroatoms. The van der Waals surface area contributed by atoms with Gasteiger partial charge in [-0.05, 0) is 53.6 Å². The number of anilines is 2. The zero-order chi connectivity index (χ0) is 24.6. The van der Waals surface area contributed by atoms with Gasteiger partial charge < -0.3 is 20.1 Å². The molecule has 0 aliphatic rings. The molecule has 0 radical (unpaired) electrons. The Kier molecular flexibility index (Phi) is 7.80. The summed E-state index contributed by atoms with van der Waals surface area (Å²) in [6, 6.07) is 31.1. The van der Waals surface area contributed by atoms with E-state index in [0.29, 0.717) is 17.1 Å². The highest BCUT2D eigenvalue weighted by molar-refractivity contribution is 9.10. The number of hydrogen-bond donors (Lipinski definition) is 2. The van der Waals surface area contributed by atoms with Gasteiger partial charge in [0.2, 0.25) is 0 Å². The van der Waals surface area contributed by atoms with Gasteiger partial charge in [-0.25, -0.2) is 9.59 Å². The Morgan fingerprint density at radius 1 is 0.743 bits per heavy atom. The number of rotatable bonds is 7. The van der Waals surface area contributed by atoms with Gasteiger partial charge in [0.1, 0.15) is 17.4 Å². The molecule has 4 aromatic rings. The van der Waals surface area contributed by atoms with Gasteiger partial charge in [0.05, 0.1) is 7.11 Å². The number of carbonyl (C=O) groups excluding carboxylic acids is 2. The predicted octanol–water partition coefficient (Wildman–Crippen LogP) is 7.05. The maximum absolute atomic E-state index is 12.6. The van der Waals surface area contributed by atoms with Crippen LogP contribution in [0.3, 0.4) is 0 Å². The summed E-state index contributed by atoms with van der Waals surface area (Å²) < 4.78 is 12.3. The van der Waals surface area contributed by atoms with Gasteiger partial charge in [0.25, 0.3) is 0 Å². The Morgan fingerprint density at radius 3 is 1.86 bits per heavy atom. The smallest absolute Gasteiger partial charge is 0.341 e. The lowest BCUT2D eigenvalue weighted by Gasteiger charge is -2.22. The van der Waals surface area contributed by atoms with E-state index in [1.165, 1.54) is 13.2 Å². The second-order valence-corrected chi connectivity index (χ2v) is 8.52. The van der Waals surface area contributed by atoms with Crippen LogP contribution in [0.1, 0.15) is 27.6 Å². The molecule has 6 nitrogen and oxygen atoms in total. The van der Waals surface area contributed by atoms with E-state index in [9.17, 15) is 9.59 Å². The maximum Gasteiger partial charge on any atom is 0.341 e. The summed E-state index contributed by atoms with van der Waals surface area (Å²) in [7, 11) is 1.30. The molecule has 4 aromatic carbocycles. The van der Waals surface area contributed by atoms with Gasteiger partial charge in [-0.1, -0.05) is 76.6 Å². The van der Waals surface area contributed by atoms with Gasteiger partial charge in [0, 0.05) is 15.8 Å². The Balaban J connectivity index is 1.60. The zero-order valence-electron chi connectivity index (χ0n) is 18.9. The average molecular weight is 531 g/mol. The minimum Gasteiger partial charge on any atom is -0.480 e. The molecule has 0 atom stereocenters. The Hall–Kier alpha value is -4.10. The molecule has 0 aromatic heterocycles. The number of carbonyl (C=O) groups is 2. The van der Waals surface area contributed by atoms with Crippen molar-refractivity contribution >= 4 is 39.3 Å². The predicted molar refractivity (Wildman–Crippen MR) is 140 cm³/mol. The number of benzene rings is 4. The van der Waals surface area contributed by atoms with Crippen LogP contribution >= 0.6 is 15.9 Å². The number of methoxy groups -OCH3 is 1. The van der Waals surface area contributed by atoms with E-state index in [2.05, 4.69) is 26.6 Å². The van der Waals surface area contributed by atoms with Crippen LogP contribution in [0.5, 0.6) is 5.75 Å². The number of ether oxygens (including phenoxy) is 2. The zero-order valence-corrected chi connectivity index (χ0v) is 20.5. The molecule has 2 N–H and O–H groups in total. The normalized spacial score (nSPS) is 10.5. The Labute approximate surface area is 212 Å². The number of nitrogens with one attached hydrogen (secondary N) is 2.